The topological polar surface area (TPSA) is 58.6 Å². The second-order valence-corrected chi connectivity index (χ2v) is 7.85. The second kappa shape index (κ2) is 9.15. The van der Waals surface area contributed by atoms with Gasteiger partial charge in [-0.05, 0) is 37.8 Å². The quantitative estimate of drug-likeness (QED) is 0.754. The molecule has 1 N–H and O–H groups in total. The number of ether oxygens (including phenoxy) is 1. The number of hydrogen-bond donors (Lipinski definition) is 1. The number of nitrogens with zero attached hydrogens (tertiary/aromatic N) is 1. The van der Waals surface area contributed by atoms with Gasteiger partial charge in [-0.3, -0.25) is 9.69 Å². The van der Waals surface area contributed by atoms with Gasteiger partial charge in [-0.2, -0.15) is 0 Å². The van der Waals surface area contributed by atoms with Crippen LogP contribution in [0.15, 0.2) is 35.7 Å². The summed E-state index contributed by atoms with van der Waals surface area (Å²) in [6.45, 7) is 6.53. The molecule has 3 rings (SSSR count). The summed E-state index contributed by atoms with van der Waals surface area (Å²) >= 11 is 1.36. The number of carbonyl (C=O) groups is 2. The van der Waals surface area contributed by atoms with Gasteiger partial charge in [-0.25, -0.2) is 4.79 Å². The summed E-state index contributed by atoms with van der Waals surface area (Å²) in [5.41, 5.74) is 2.16. The highest BCUT2D eigenvalue weighted by Gasteiger charge is 2.24. The van der Waals surface area contributed by atoms with E-state index < -0.39 is 5.97 Å². The van der Waals surface area contributed by atoms with E-state index in [0.717, 1.165) is 30.6 Å². The maximum absolute atomic E-state index is 12.6. The maximum atomic E-state index is 12.6. The number of carbonyl (C=O) groups excluding carboxylic acids is 2. The first kappa shape index (κ1) is 19.6. The molecule has 27 heavy (non-hydrogen) atoms. The van der Waals surface area contributed by atoms with E-state index in [-0.39, 0.29) is 5.91 Å². The molecule has 0 spiro atoms. The van der Waals surface area contributed by atoms with Crippen LogP contribution in [0.3, 0.4) is 0 Å². The Hall–Kier alpha value is -2.18. The van der Waals surface area contributed by atoms with Crippen LogP contribution in [0.4, 0.5) is 5.00 Å². The highest BCUT2D eigenvalue weighted by atomic mass is 32.1. The van der Waals surface area contributed by atoms with Gasteiger partial charge in [0.2, 0.25) is 5.91 Å². The number of nitrogens with one attached hydrogen (secondary N) is 1. The Balaban J connectivity index is 1.79. The lowest BCUT2D eigenvalue weighted by atomic mass is 10.0. The fourth-order valence-electron chi connectivity index (χ4n) is 3.49. The van der Waals surface area contributed by atoms with Gasteiger partial charge in [0.1, 0.15) is 10.6 Å². The standard InChI is InChI=1S/C21H26N2O3S/c1-3-26-21(25)19-17(16-9-5-4-6-10-16)14-27-20(19)22-18(24)13-23-11-7-8-15(2)12-23/h4-6,9-10,14-15H,3,7-8,11-13H2,1-2H3,(H,22,24)/t15-/m1/s1. The predicted molar refractivity (Wildman–Crippen MR) is 109 cm³/mol. The Kier molecular flexibility index (Phi) is 6.63. The Morgan fingerprint density at radius 3 is 2.78 bits per heavy atom. The Morgan fingerprint density at radius 2 is 2.07 bits per heavy atom. The Morgan fingerprint density at radius 1 is 1.30 bits per heavy atom. The van der Waals surface area contributed by atoms with E-state index in [1.807, 2.05) is 35.7 Å². The average Bonchev–Trinajstić information content (AvgIpc) is 3.06. The summed E-state index contributed by atoms with van der Waals surface area (Å²) in [6, 6.07) is 9.69. The first-order valence-electron chi connectivity index (χ1n) is 9.44. The predicted octanol–water partition coefficient (Wildman–Crippen LogP) is 4.26. The van der Waals surface area contributed by atoms with Crippen molar-refractivity contribution in [1.82, 2.24) is 4.90 Å². The normalized spacial score (nSPS) is 17.5. The number of likely N-dealkylation sites (tertiary alicyclic amines) is 1. The summed E-state index contributed by atoms with van der Waals surface area (Å²) in [6.07, 6.45) is 2.34. The number of esters is 1. The molecule has 0 radical (unpaired) electrons. The zero-order chi connectivity index (χ0) is 19.2. The number of rotatable bonds is 6. The molecule has 0 bridgehead atoms. The fourth-order valence-corrected chi connectivity index (χ4v) is 4.46. The molecule has 144 valence electrons. The molecule has 0 unspecified atom stereocenters. The van der Waals surface area contributed by atoms with Crippen LogP contribution in [0, 0.1) is 5.92 Å². The third-order valence-electron chi connectivity index (χ3n) is 4.72. The van der Waals surface area contributed by atoms with Gasteiger partial charge < -0.3 is 10.1 Å². The molecule has 6 heteroatoms. The van der Waals surface area contributed by atoms with Gasteiger partial charge >= 0.3 is 5.97 Å². The SMILES string of the molecule is CCOC(=O)c1c(-c2ccccc2)csc1NC(=O)CN1CCC[C@@H](C)C1. The van der Waals surface area contributed by atoms with Crippen LogP contribution in [0.2, 0.25) is 0 Å². The minimum atomic E-state index is -0.403. The third-order valence-corrected chi connectivity index (χ3v) is 5.61. The molecule has 0 saturated carbocycles. The van der Waals surface area contributed by atoms with Crippen LogP contribution >= 0.6 is 11.3 Å². The van der Waals surface area contributed by atoms with Gasteiger partial charge in [-0.15, -0.1) is 11.3 Å². The number of hydrogen-bond acceptors (Lipinski definition) is 5. The summed E-state index contributed by atoms with van der Waals surface area (Å²) in [5, 5.41) is 5.40. The molecular formula is C21H26N2O3S. The van der Waals surface area contributed by atoms with Gasteiger partial charge in [-0.1, -0.05) is 37.3 Å². The zero-order valence-corrected chi connectivity index (χ0v) is 16.7. The molecule has 1 amide bonds. The Labute approximate surface area is 164 Å². The van der Waals surface area contributed by atoms with E-state index in [1.54, 1.807) is 6.92 Å². The van der Waals surface area contributed by atoms with E-state index in [9.17, 15) is 9.59 Å². The van der Waals surface area contributed by atoms with Crippen molar-refractivity contribution in [2.75, 3.05) is 31.6 Å². The van der Waals surface area contributed by atoms with Gasteiger partial charge in [0.25, 0.3) is 0 Å². The van der Waals surface area contributed by atoms with Crippen LogP contribution in [-0.2, 0) is 9.53 Å². The van der Waals surface area contributed by atoms with Crippen molar-refractivity contribution in [2.24, 2.45) is 5.92 Å². The van der Waals surface area contributed by atoms with Crippen LogP contribution in [-0.4, -0.2) is 43.0 Å². The average molecular weight is 387 g/mol. The van der Waals surface area contributed by atoms with Gasteiger partial charge in [0, 0.05) is 17.5 Å². The van der Waals surface area contributed by atoms with Gasteiger partial charge in [0.15, 0.2) is 0 Å². The molecule has 1 aliphatic rings. The summed E-state index contributed by atoms with van der Waals surface area (Å²) in [7, 11) is 0. The molecule has 1 saturated heterocycles. The monoisotopic (exact) mass is 386 g/mol. The zero-order valence-electron chi connectivity index (χ0n) is 15.9. The van der Waals surface area contributed by atoms with E-state index in [0.29, 0.717) is 29.6 Å². The molecule has 1 aromatic carbocycles. The van der Waals surface area contributed by atoms with Gasteiger partial charge in [0.05, 0.1) is 13.2 Å². The first-order valence-corrected chi connectivity index (χ1v) is 10.3. The minimum absolute atomic E-state index is 0.0869. The van der Waals surface area contributed by atoms with E-state index in [2.05, 4.69) is 17.1 Å². The lowest BCUT2D eigenvalue weighted by molar-refractivity contribution is -0.117. The lowest BCUT2D eigenvalue weighted by Gasteiger charge is -2.30. The highest BCUT2D eigenvalue weighted by Crippen LogP contribution is 2.36. The number of benzene rings is 1. The molecule has 1 atom stereocenters. The van der Waals surface area contributed by atoms with Crippen LogP contribution in [0.5, 0.6) is 0 Å². The van der Waals surface area contributed by atoms with Crippen LogP contribution < -0.4 is 5.32 Å². The van der Waals surface area contributed by atoms with Crippen molar-refractivity contribution >= 4 is 28.2 Å². The number of thiophene rings is 1. The van der Waals surface area contributed by atoms with Crippen molar-refractivity contribution in [3.63, 3.8) is 0 Å². The minimum Gasteiger partial charge on any atom is -0.462 e. The van der Waals surface area contributed by atoms with E-state index in [4.69, 9.17) is 4.74 Å². The number of piperidine rings is 1. The fraction of sp³-hybridized carbons (Fsp3) is 0.429. The van der Waals surface area contributed by atoms with Crippen LogP contribution in [0.25, 0.3) is 11.1 Å². The molecule has 5 nitrogen and oxygen atoms in total. The molecule has 1 aliphatic heterocycles. The van der Waals surface area contributed by atoms with E-state index >= 15 is 0 Å². The number of amides is 1. The van der Waals surface area contributed by atoms with Crippen molar-refractivity contribution in [1.29, 1.82) is 0 Å². The molecule has 1 aromatic heterocycles. The number of anilines is 1. The van der Waals surface area contributed by atoms with Crippen molar-refractivity contribution in [3.05, 3.63) is 41.3 Å². The molecule has 1 fully saturated rings. The van der Waals surface area contributed by atoms with Crippen molar-refractivity contribution < 1.29 is 14.3 Å². The molecule has 0 aliphatic carbocycles. The molecule has 2 heterocycles. The summed E-state index contributed by atoms with van der Waals surface area (Å²) < 4.78 is 5.24. The summed E-state index contributed by atoms with van der Waals surface area (Å²) in [5.74, 6) is 0.128. The second-order valence-electron chi connectivity index (χ2n) is 6.97. The van der Waals surface area contributed by atoms with E-state index in [1.165, 1.54) is 17.8 Å². The molecular weight excluding hydrogens is 360 g/mol. The Bertz CT molecular complexity index is 788. The van der Waals surface area contributed by atoms with Crippen LogP contribution in [0.1, 0.15) is 37.0 Å². The smallest absolute Gasteiger partial charge is 0.341 e. The largest absolute Gasteiger partial charge is 0.462 e. The molecule has 2 aromatic rings. The third kappa shape index (κ3) is 4.96. The summed E-state index contributed by atoms with van der Waals surface area (Å²) in [4.78, 5) is 27.3. The lowest BCUT2D eigenvalue weighted by Crippen LogP contribution is -2.39. The first-order chi connectivity index (χ1) is 13.1. The highest BCUT2D eigenvalue weighted by molar-refractivity contribution is 7.15. The van der Waals surface area contributed by atoms with Crippen molar-refractivity contribution in [2.45, 2.75) is 26.7 Å². The maximum Gasteiger partial charge on any atom is 0.341 e. The van der Waals surface area contributed by atoms with Crippen molar-refractivity contribution in [3.8, 4) is 11.1 Å².